The topological polar surface area (TPSA) is 43.1 Å². The van der Waals surface area contributed by atoms with Crippen LogP contribution in [0.2, 0.25) is 0 Å². The van der Waals surface area contributed by atoms with Crippen molar-refractivity contribution in [3.63, 3.8) is 0 Å². The van der Waals surface area contributed by atoms with Crippen LogP contribution in [-0.2, 0) is 0 Å². The minimum Gasteiger partial charge on any atom is -0.258 e. The summed E-state index contributed by atoms with van der Waals surface area (Å²) in [4.78, 5) is 11.0. The van der Waals surface area contributed by atoms with Crippen LogP contribution in [0.5, 0.6) is 0 Å². The fourth-order valence-corrected chi connectivity index (χ4v) is 2.53. The van der Waals surface area contributed by atoms with Crippen LogP contribution in [0.1, 0.15) is 5.56 Å². The number of rotatable bonds is 4. The predicted octanol–water partition coefficient (Wildman–Crippen LogP) is 4.92. The summed E-state index contributed by atoms with van der Waals surface area (Å²) in [6.45, 7) is 0. The summed E-state index contributed by atoms with van der Waals surface area (Å²) in [5.74, 6) is 0. The molecule has 2 aromatic rings. The largest absolute Gasteiger partial charge is 0.283 e. The van der Waals surface area contributed by atoms with E-state index in [0.29, 0.717) is 9.93 Å². The SMILES string of the molecule is O=[N+]([O-])c1ccccc1S/C=C(/Cl)c1ccccc1. The van der Waals surface area contributed by atoms with Crippen LogP contribution in [0.4, 0.5) is 5.69 Å². The number of hydrogen-bond donors (Lipinski definition) is 0. The first-order valence-corrected chi connectivity index (χ1v) is 6.75. The average molecular weight is 292 g/mol. The van der Waals surface area contributed by atoms with Crippen molar-refractivity contribution in [2.24, 2.45) is 0 Å². The van der Waals surface area contributed by atoms with Crippen LogP contribution in [-0.4, -0.2) is 4.92 Å². The summed E-state index contributed by atoms with van der Waals surface area (Å²) in [6, 6.07) is 16.0. The van der Waals surface area contributed by atoms with Crippen LogP contribution in [0.15, 0.2) is 64.9 Å². The summed E-state index contributed by atoms with van der Waals surface area (Å²) < 4.78 is 0. The molecule has 0 unspecified atom stereocenters. The Balaban J connectivity index is 2.21. The van der Waals surface area contributed by atoms with Gasteiger partial charge in [0.25, 0.3) is 5.69 Å². The Morgan fingerprint density at radius 3 is 2.42 bits per heavy atom. The summed E-state index contributed by atoms with van der Waals surface area (Å²) in [7, 11) is 0. The van der Waals surface area contributed by atoms with Crippen molar-refractivity contribution in [3.05, 3.63) is 75.7 Å². The molecule has 0 aliphatic rings. The van der Waals surface area contributed by atoms with Gasteiger partial charge in [0, 0.05) is 6.07 Å². The zero-order valence-corrected chi connectivity index (χ0v) is 11.4. The molecule has 0 saturated heterocycles. The first-order chi connectivity index (χ1) is 9.18. The van der Waals surface area contributed by atoms with Gasteiger partial charge in [0.1, 0.15) is 0 Å². The lowest BCUT2D eigenvalue weighted by Crippen LogP contribution is -1.89. The molecule has 19 heavy (non-hydrogen) atoms. The molecule has 0 radical (unpaired) electrons. The summed E-state index contributed by atoms with van der Waals surface area (Å²) in [6.07, 6.45) is 0. The molecule has 0 bridgehead atoms. The molecular formula is C14H10ClNO2S. The van der Waals surface area contributed by atoms with Gasteiger partial charge in [-0.25, -0.2) is 0 Å². The van der Waals surface area contributed by atoms with E-state index in [1.807, 2.05) is 30.3 Å². The van der Waals surface area contributed by atoms with Gasteiger partial charge < -0.3 is 0 Å². The Kier molecular flexibility index (Phi) is 4.60. The molecule has 2 aromatic carbocycles. The Bertz CT molecular complexity index is 614. The first kappa shape index (κ1) is 13.6. The van der Waals surface area contributed by atoms with E-state index in [0.717, 1.165) is 5.56 Å². The van der Waals surface area contributed by atoms with Crippen molar-refractivity contribution < 1.29 is 4.92 Å². The molecule has 0 spiro atoms. The highest BCUT2D eigenvalue weighted by Gasteiger charge is 2.11. The van der Waals surface area contributed by atoms with E-state index in [-0.39, 0.29) is 5.69 Å². The van der Waals surface area contributed by atoms with Gasteiger partial charge in [-0.3, -0.25) is 10.1 Å². The van der Waals surface area contributed by atoms with E-state index in [2.05, 4.69) is 0 Å². The van der Waals surface area contributed by atoms with Crippen LogP contribution in [0.25, 0.3) is 5.03 Å². The number of halogens is 1. The first-order valence-electron chi connectivity index (χ1n) is 5.49. The number of para-hydroxylation sites is 1. The second-order valence-electron chi connectivity index (χ2n) is 3.67. The summed E-state index contributed by atoms with van der Waals surface area (Å²) in [5, 5.41) is 13.1. The van der Waals surface area contributed by atoms with Crippen LogP contribution >= 0.6 is 23.4 Å². The molecule has 96 valence electrons. The van der Waals surface area contributed by atoms with Gasteiger partial charge >= 0.3 is 0 Å². The van der Waals surface area contributed by atoms with Crippen molar-refractivity contribution in [2.45, 2.75) is 4.90 Å². The Hall–Kier alpha value is -1.78. The molecule has 0 aliphatic heterocycles. The number of nitro benzene ring substituents is 1. The highest BCUT2D eigenvalue weighted by Crippen LogP contribution is 2.32. The van der Waals surface area contributed by atoms with E-state index in [1.165, 1.54) is 17.8 Å². The number of hydrogen-bond acceptors (Lipinski definition) is 3. The number of nitrogens with zero attached hydrogens (tertiary/aromatic N) is 1. The van der Waals surface area contributed by atoms with E-state index in [1.54, 1.807) is 23.6 Å². The van der Waals surface area contributed by atoms with Gasteiger partial charge in [-0.2, -0.15) is 0 Å². The van der Waals surface area contributed by atoms with Gasteiger partial charge in [0.15, 0.2) is 0 Å². The molecule has 0 atom stereocenters. The Morgan fingerprint density at radius 2 is 1.74 bits per heavy atom. The van der Waals surface area contributed by atoms with Crippen molar-refractivity contribution in [3.8, 4) is 0 Å². The van der Waals surface area contributed by atoms with Gasteiger partial charge in [-0.1, -0.05) is 65.8 Å². The smallest absolute Gasteiger partial charge is 0.258 e. The molecule has 0 fully saturated rings. The van der Waals surface area contributed by atoms with Gasteiger partial charge in [0.05, 0.1) is 14.9 Å². The van der Waals surface area contributed by atoms with E-state index in [4.69, 9.17) is 11.6 Å². The van der Waals surface area contributed by atoms with E-state index < -0.39 is 4.92 Å². The predicted molar refractivity (Wildman–Crippen MR) is 79.2 cm³/mol. The molecule has 0 amide bonds. The van der Waals surface area contributed by atoms with E-state index in [9.17, 15) is 10.1 Å². The maximum Gasteiger partial charge on any atom is 0.283 e. The minimum absolute atomic E-state index is 0.0845. The van der Waals surface area contributed by atoms with Gasteiger partial charge in [0.2, 0.25) is 0 Å². The third-order valence-electron chi connectivity index (χ3n) is 2.40. The number of benzene rings is 2. The maximum absolute atomic E-state index is 10.9. The van der Waals surface area contributed by atoms with Gasteiger partial charge in [-0.05, 0) is 17.0 Å². The van der Waals surface area contributed by atoms with Crippen LogP contribution < -0.4 is 0 Å². The van der Waals surface area contributed by atoms with Gasteiger partial charge in [-0.15, -0.1) is 0 Å². The molecule has 0 heterocycles. The van der Waals surface area contributed by atoms with Crippen LogP contribution in [0, 0.1) is 10.1 Å². The highest BCUT2D eigenvalue weighted by molar-refractivity contribution is 8.02. The highest BCUT2D eigenvalue weighted by atomic mass is 35.5. The number of nitro groups is 1. The Morgan fingerprint density at radius 1 is 1.11 bits per heavy atom. The second-order valence-corrected chi connectivity index (χ2v) is 4.99. The fourth-order valence-electron chi connectivity index (χ4n) is 1.49. The zero-order chi connectivity index (χ0) is 13.7. The van der Waals surface area contributed by atoms with Crippen LogP contribution in [0.3, 0.4) is 0 Å². The summed E-state index contributed by atoms with van der Waals surface area (Å²) >= 11 is 7.40. The molecule has 3 nitrogen and oxygen atoms in total. The quantitative estimate of drug-likeness (QED) is 0.456. The monoisotopic (exact) mass is 291 g/mol. The maximum atomic E-state index is 10.9. The summed E-state index contributed by atoms with van der Waals surface area (Å²) in [5.41, 5.74) is 0.969. The second kappa shape index (κ2) is 6.41. The molecule has 5 heteroatoms. The lowest BCUT2D eigenvalue weighted by Gasteiger charge is -2.00. The van der Waals surface area contributed by atoms with E-state index >= 15 is 0 Å². The molecular weight excluding hydrogens is 282 g/mol. The average Bonchev–Trinajstić information content (AvgIpc) is 2.46. The lowest BCUT2D eigenvalue weighted by atomic mass is 10.2. The standard InChI is InChI=1S/C14H10ClNO2S/c15-12(11-6-2-1-3-7-11)10-19-14-9-5-4-8-13(14)16(17)18/h1-10H/b12-10+. The normalized spacial score (nSPS) is 11.3. The third-order valence-corrected chi connectivity index (χ3v) is 3.81. The minimum atomic E-state index is -0.396. The van der Waals surface area contributed by atoms with Crippen molar-refractivity contribution >= 4 is 34.1 Å². The molecule has 0 aromatic heterocycles. The molecule has 2 rings (SSSR count). The van der Waals surface area contributed by atoms with Crippen molar-refractivity contribution in [2.75, 3.05) is 0 Å². The molecule has 0 N–H and O–H groups in total. The zero-order valence-electron chi connectivity index (χ0n) is 9.82. The third kappa shape index (κ3) is 3.59. The Labute approximate surface area is 120 Å². The lowest BCUT2D eigenvalue weighted by molar-refractivity contribution is -0.387. The van der Waals surface area contributed by atoms with Crippen molar-refractivity contribution in [1.82, 2.24) is 0 Å². The van der Waals surface area contributed by atoms with Crippen molar-refractivity contribution in [1.29, 1.82) is 0 Å². The molecule has 0 saturated carbocycles. The fraction of sp³-hybridized carbons (Fsp3) is 0. The number of thioether (sulfide) groups is 1. The molecule has 0 aliphatic carbocycles.